The number of fused-ring (bicyclic) bond motifs is 1. The van der Waals surface area contributed by atoms with Gasteiger partial charge in [-0.3, -0.25) is 4.79 Å². The first-order chi connectivity index (χ1) is 10.8. The molecule has 3 nitrogen and oxygen atoms in total. The van der Waals surface area contributed by atoms with Gasteiger partial charge in [-0.25, -0.2) is 0 Å². The van der Waals surface area contributed by atoms with Gasteiger partial charge >= 0.3 is 0 Å². The Labute approximate surface area is 135 Å². The van der Waals surface area contributed by atoms with Crippen molar-refractivity contribution in [2.45, 2.75) is 0 Å². The molecule has 0 fully saturated rings. The van der Waals surface area contributed by atoms with Crippen LogP contribution in [0.1, 0.15) is 10.4 Å². The SMILES string of the molecule is NC(=O)c1ccccc1-c1[nH]c2ccsc2c1-c1cccs1. The zero-order chi connectivity index (χ0) is 15.1. The Hall–Kier alpha value is -2.37. The molecule has 108 valence electrons. The van der Waals surface area contributed by atoms with E-state index < -0.39 is 5.91 Å². The summed E-state index contributed by atoms with van der Waals surface area (Å²) >= 11 is 3.39. The number of rotatable bonds is 3. The van der Waals surface area contributed by atoms with Crippen LogP contribution in [0.3, 0.4) is 0 Å². The predicted octanol–water partition coefficient (Wildman–Crippen LogP) is 4.72. The van der Waals surface area contributed by atoms with E-state index in [-0.39, 0.29) is 0 Å². The molecule has 4 rings (SSSR count). The maximum Gasteiger partial charge on any atom is 0.249 e. The van der Waals surface area contributed by atoms with E-state index >= 15 is 0 Å². The van der Waals surface area contributed by atoms with Gasteiger partial charge in [0.15, 0.2) is 0 Å². The topological polar surface area (TPSA) is 58.9 Å². The molecule has 0 aliphatic heterocycles. The first-order valence-electron chi connectivity index (χ1n) is 6.78. The van der Waals surface area contributed by atoms with Gasteiger partial charge in [-0.05, 0) is 29.0 Å². The van der Waals surface area contributed by atoms with Crippen molar-refractivity contribution in [2.75, 3.05) is 0 Å². The van der Waals surface area contributed by atoms with Gasteiger partial charge in [-0.2, -0.15) is 0 Å². The molecule has 1 aromatic carbocycles. The van der Waals surface area contributed by atoms with E-state index in [1.165, 1.54) is 9.58 Å². The van der Waals surface area contributed by atoms with Crippen LogP contribution in [0.15, 0.2) is 53.2 Å². The van der Waals surface area contributed by atoms with E-state index in [2.05, 4.69) is 27.9 Å². The number of H-pyrrole nitrogens is 1. The molecule has 3 heterocycles. The molecule has 3 N–H and O–H groups in total. The van der Waals surface area contributed by atoms with Crippen LogP contribution in [0.5, 0.6) is 0 Å². The van der Waals surface area contributed by atoms with E-state index in [4.69, 9.17) is 5.73 Å². The van der Waals surface area contributed by atoms with E-state index in [1.807, 2.05) is 24.3 Å². The van der Waals surface area contributed by atoms with Crippen molar-refractivity contribution in [1.82, 2.24) is 4.98 Å². The Balaban J connectivity index is 2.06. The summed E-state index contributed by atoms with van der Waals surface area (Å²) in [5.74, 6) is -0.411. The normalized spacial score (nSPS) is 11.1. The highest BCUT2D eigenvalue weighted by Gasteiger charge is 2.20. The number of carbonyl (C=O) groups excluding carboxylic acids is 1. The van der Waals surface area contributed by atoms with Gasteiger partial charge in [0.25, 0.3) is 0 Å². The minimum atomic E-state index is -0.411. The third-order valence-electron chi connectivity index (χ3n) is 3.63. The van der Waals surface area contributed by atoms with Gasteiger partial charge in [-0.15, -0.1) is 22.7 Å². The summed E-state index contributed by atoms with van der Waals surface area (Å²) in [6.07, 6.45) is 0. The summed E-state index contributed by atoms with van der Waals surface area (Å²) in [6, 6.07) is 13.7. The van der Waals surface area contributed by atoms with Crippen LogP contribution >= 0.6 is 22.7 Å². The second-order valence-corrected chi connectivity index (χ2v) is 6.79. The molecule has 0 aliphatic carbocycles. The average molecular weight is 324 g/mol. The fraction of sp³-hybridized carbons (Fsp3) is 0. The third kappa shape index (κ3) is 1.98. The number of aromatic amines is 1. The van der Waals surface area contributed by atoms with Gasteiger partial charge in [0, 0.05) is 21.6 Å². The van der Waals surface area contributed by atoms with Crippen molar-refractivity contribution < 1.29 is 4.79 Å². The van der Waals surface area contributed by atoms with Crippen LogP contribution in [0, 0.1) is 0 Å². The lowest BCUT2D eigenvalue weighted by atomic mass is 10.0. The summed E-state index contributed by atoms with van der Waals surface area (Å²) in [5.41, 5.74) is 10.1. The molecule has 0 saturated heterocycles. The second-order valence-electron chi connectivity index (χ2n) is 4.93. The number of thiophene rings is 2. The monoisotopic (exact) mass is 324 g/mol. The molecule has 22 heavy (non-hydrogen) atoms. The number of primary amides is 1. The predicted molar refractivity (Wildman–Crippen MR) is 93.4 cm³/mol. The van der Waals surface area contributed by atoms with E-state index in [1.54, 1.807) is 28.7 Å². The number of benzene rings is 1. The highest BCUT2D eigenvalue weighted by Crippen LogP contribution is 2.43. The molecule has 5 heteroatoms. The van der Waals surface area contributed by atoms with E-state index in [0.29, 0.717) is 5.56 Å². The molecule has 0 radical (unpaired) electrons. The van der Waals surface area contributed by atoms with Gasteiger partial charge in [0.1, 0.15) is 0 Å². The molecule has 0 unspecified atom stereocenters. The summed E-state index contributed by atoms with van der Waals surface area (Å²) in [5, 5.41) is 4.13. The minimum Gasteiger partial charge on any atom is -0.366 e. The first kappa shape index (κ1) is 13.3. The average Bonchev–Trinajstić information content (AvgIpc) is 3.23. The highest BCUT2D eigenvalue weighted by atomic mass is 32.1. The summed E-state index contributed by atoms with van der Waals surface area (Å²) in [6.45, 7) is 0. The van der Waals surface area contributed by atoms with Gasteiger partial charge in [-0.1, -0.05) is 24.3 Å². The van der Waals surface area contributed by atoms with Crippen molar-refractivity contribution in [3.8, 4) is 21.7 Å². The Bertz CT molecular complexity index is 964. The molecule has 1 amide bonds. The molecule has 0 saturated carbocycles. The maximum atomic E-state index is 11.8. The molecule has 0 atom stereocenters. The van der Waals surface area contributed by atoms with E-state index in [9.17, 15) is 4.79 Å². The molecular weight excluding hydrogens is 312 g/mol. The lowest BCUT2D eigenvalue weighted by Crippen LogP contribution is -2.12. The van der Waals surface area contributed by atoms with Crippen LogP contribution in [0.4, 0.5) is 0 Å². The molecule has 3 aromatic heterocycles. The summed E-state index contributed by atoms with van der Waals surface area (Å²) < 4.78 is 1.21. The number of amides is 1. The zero-order valence-corrected chi connectivity index (χ0v) is 13.1. The quantitative estimate of drug-likeness (QED) is 0.562. The van der Waals surface area contributed by atoms with Crippen LogP contribution < -0.4 is 5.73 Å². The number of carbonyl (C=O) groups is 1. The fourth-order valence-electron chi connectivity index (χ4n) is 2.69. The fourth-order valence-corrected chi connectivity index (χ4v) is 4.45. The van der Waals surface area contributed by atoms with Crippen molar-refractivity contribution in [3.63, 3.8) is 0 Å². The van der Waals surface area contributed by atoms with Crippen molar-refractivity contribution in [2.24, 2.45) is 5.73 Å². The molecule has 0 spiro atoms. The zero-order valence-electron chi connectivity index (χ0n) is 11.5. The van der Waals surface area contributed by atoms with Crippen molar-refractivity contribution in [3.05, 3.63) is 58.8 Å². The Morgan fingerprint density at radius 3 is 2.64 bits per heavy atom. The molecule has 0 aliphatic rings. The number of hydrogen-bond acceptors (Lipinski definition) is 3. The van der Waals surface area contributed by atoms with Crippen molar-refractivity contribution in [1.29, 1.82) is 0 Å². The van der Waals surface area contributed by atoms with E-state index in [0.717, 1.165) is 22.3 Å². The minimum absolute atomic E-state index is 0.411. The van der Waals surface area contributed by atoms with Gasteiger partial charge in [0.05, 0.1) is 15.9 Å². The molecule has 4 aromatic rings. The van der Waals surface area contributed by atoms with Gasteiger partial charge in [0.2, 0.25) is 5.91 Å². The Morgan fingerprint density at radius 2 is 1.86 bits per heavy atom. The summed E-state index contributed by atoms with van der Waals surface area (Å²) in [4.78, 5) is 16.4. The van der Waals surface area contributed by atoms with Crippen LogP contribution in [-0.2, 0) is 0 Å². The van der Waals surface area contributed by atoms with Crippen LogP contribution in [0.2, 0.25) is 0 Å². The number of nitrogens with one attached hydrogen (secondary N) is 1. The molecule has 0 bridgehead atoms. The standard InChI is InChI=1S/C17H12N2OS2/c18-17(20)11-5-2-1-4-10(11)15-14(13-6-3-8-21-13)16-12(19-15)7-9-22-16/h1-9,19H,(H2,18,20). The lowest BCUT2D eigenvalue weighted by Gasteiger charge is -2.07. The Kier molecular flexibility index (Phi) is 3.10. The maximum absolute atomic E-state index is 11.8. The van der Waals surface area contributed by atoms with Gasteiger partial charge < -0.3 is 10.7 Å². The molecular formula is C17H12N2OS2. The lowest BCUT2D eigenvalue weighted by molar-refractivity contribution is 0.100. The highest BCUT2D eigenvalue weighted by molar-refractivity contribution is 7.19. The second kappa shape index (κ2) is 5.12. The number of hydrogen-bond donors (Lipinski definition) is 2. The first-order valence-corrected chi connectivity index (χ1v) is 8.54. The van der Waals surface area contributed by atoms with Crippen LogP contribution in [0.25, 0.3) is 31.9 Å². The number of nitrogens with two attached hydrogens (primary N) is 1. The van der Waals surface area contributed by atoms with Crippen molar-refractivity contribution >= 4 is 38.8 Å². The largest absolute Gasteiger partial charge is 0.366 e. The third-order valence-corrected chi connectivity index (χ3v) is 5.45. The summed E-state index contributed by atoms with van der Waals surface area (Å²) in [7, 11) is 0. The number of aromatic nitrogens is 1. The van der Waals surface area contributed by atoms with Crippen LogP contribution in [-0.4, -0.2) is 10.9 Å². The smallest absolute Gasteiger partial charge is 0.249 e. The Morgan fingerprint density at radius 1 is 1.00 bits per heavy atom.